The van der Waals surface area contributed by atoms with E-state index in [1.165, 1.54) is 6.07 Å². The molecule has 7 nitrogen and oxygen atoms in total. The highest BCUT2D eigenvalue weighted by molar-refractivity contribution is 7.85. The number of carboxylic acid groups (broad SMARTS) is 1. The van der Waals surface area contributed by atoms with Crippen LogP contribution in [0.5, 0.6) is 0 Å². The minimum Gasteiger partial charge on any atom is -0.480 e. The van der Waals surface area contributed by atoms with Crippen molar-refractivity contribution in [2.75, 3.05) is 5.75 Å². The zero-order valence-electron chi connectivity index (χ0n) is 13.7. The van der Waals surface area contributed by atoms with Gasteiger partial charge in [-0.25, -0.2) is 13.6 Å². The number of carbonyl (C=O) groups is 2. The van der Waals surface area contributed by atoms with Crippen LogP contribution in [0.4, 0.5) is 8.78 Å². The summed E-state index contributed by atoms with van der Waals surface area (Å²) in [5.74, 6) is -6.52. The molecule has 0 bridgehead atoms. The van der Waals surface area contributed by atoms with Crippen LogP contribution in [0.1, 0.15) is 16.8 Å². The fourth-order valence-electron chi connectivity index (χ4n) is 2.39. The fraction of sp³-hybridized carbons (Fsp3) is 0.176. The Kier molecular flexibility index (Phi) is 6.24. The summed E-state index contributed by atoms with van der Waals surface area (Å²) in [5, 5.41) is 11.1. The lowest BCUT2D eigenvalue weighted by molar-refractivity contribution is -0.139. The van der Waals surface area contributed by atoms with E-state index in [1.807, 2.05) is 5.32 Å². The first kappa shape index (κ1) is 20.5. The van der Waals surface area contributed by atoms with Crippen molar-refractivity contribution in [1.29, 1.82) is 0 Å². The molecule has 0 aliphatic carbocycles. The van der Waals surface area contributed by atoms with Gasteiger partial charge in [-0.3, -0.25) is 9.35 Å². The van der Waals surface area contributed by atoms with E-state index in [4.69, 9.17) is 9.66 Å². The molecule has 0 fully saturated rings. The van der Waals surface area contributed by atoms with Crippen molar-refractivity contribution in [3.63, 3.8) is 0 Å². The quantitative estimate of drug-likeness (QED) is 0.613. The molecule has 1 amide bonds. The van der Waals surface area contributed by atoms with Gasteiger partial charge in [0.2, 0.25) is 0 Å². The first-order chi connectivity index (χ1) is 12.6. The van der Waals surface area contributed by atoms with E-state index in [1.54, 1.807) is 30.3 Å². The minimum atomic E-state index is -4.47. The Hall–Kier alpha value is -2.85. The molecular weight excluding hydrogens is 384 g/mol. The Morgan fingerprint density at radius 2 is 1.70 bits per heavy atom. The molecule has 0 saturated heterocycles. The summed E-state index contributed by atoms with van der Waals surface area (Å²) in [6, 6.07) is 8.30. The summed E-state index contributed by atoms with van der Waals surface area (Å²) >= 11 is 0. The lowest BCUT2D eigenvalue weighted by Crippen LogP contribution is -2.42. The molecule has 3 N–H and O–H groups in total. The number of amides is 1. The molecule has 0 spiro atoms. The van der Waals surface area contributed by atoms with Gasteiger partial charge in [-0.15, -0.1) is 0 Å². The zero-order valence-corrected chi connectivity index (χ0v) is 14.5. The number of carboxylic acids is 1. The van der Waals surface area contributed by atoms with Gasteiger partial charge in [0, 0.05) is 0 Å². The normalized spacial score (nSPS) is 12.4. The van der Waals surface area contributed by atoms with Crippen LogP contribution in [0, 0.1) is 11.6 Å². The van der Waals surface area contributed by atoms with E-state index in [0.29, 0.717) is 5.56 Å². The standard InChI is InChI=1S/C17H15F2NO6S/c18-12-7-6-11(10-4-2-1-3-5-10)14(15(12)19)16(21)20-13(17(22)23)8-9-27(24,25)26/h1-7,13H,8-9H2,(H,20,21)(H,22,23)(H,24,25,26)/t13-/m0/s1. The summed E-state index contributed by atoms with van der Waals surface area (Å²) in [5.41, 5.74) is -0.281. The molecule has 10 heteroatoms. The summed E-state index contributed by atoms with van der Waals surface area (Å²) in [6.45, 7) is 0. The lowest BCUT2D eigenvalue weighted by Gasteiger charge is -2.16. The second-order valence-electron chi connectivity index (χ2n) is 5.59. The van der Waals surface area contributed by atoms with Gasteiger partial charge in [0.15, 0.2) is 11.6 Å². The number of halogens is 2. The molecule has 0 radical (unpaired) electrons. The van der Waals surface area contributed by atoms with Gasteiger partial charge in [-0.2, -0.15) is 8.42 Å². The van der Waals surface area contributed by atoms with Gasteiger partial charge in [-0.05, 0) is 23.6 Å². The second kappa shape index (κ2) is 8.23. The van der Waals surface area contributed by atoms with Crippen LogP contribution in [0.25, 0.3) is 11.1 Å². The first-order valence-electron chi connectivity index (χ1n) is 7.62. The molecule has 0 aliphatic heterocycles. The third kappa shape index (κ3) is 5.31. The predicted octanol–water partition coefficient (Wildman–Crippen LogP) is 2.09. The topological polar surface area (TPSA) is 121 Å². The second-order valence-corrected chi connectivity index (χ2v) is 7.16. The predicted molar refractivity (Wildman–Crippen MR) is 91.7 cm³/mol. The number of hydrogen-bond acceptors (Lipinski definition) is 4. The highest BCUT2D eigenvalue weighted by Gasteiger charge is 2.27. The summed E-state index contributed by atoms with van der Waals surface area (Å²) in [6.07, 6.45) is -0.655. The van der Waals surface area contributed by atoms with Crippen molar-refractivity contribution in [2.24, 2.45) is 0 Å². The molecule has 0 heterocycles. The fourth-order valence-corrected chi connectivity index (χ4v) is 2.92. The molecule has 0 unspecified atom stereocenters. The average Bonchev–Trinajstić information content (AvgIpc) is 2.60. The minimum absolute atomic E-state index is 0.0333. The van der Waals surface area contributed by atoms with Crippen LogP contribution in [0.3, 0.4) is 0 Å². The maximum Gasteiger partial charge on any atom is 0.326 e. The number of hydrogen-bond donors (Lipinski definition) is 3. The lowest BCUT2D eigenvalue weighted by atomic mass is 9.98. The number of aliphatic carboxylic acids is 1. The highest BCUT2D eigenvalue weighted by Crippen LogP contribution is 2.27. The molecule has 2 aromatic carbocycles. The van der Waals surface area contributed by atoms with Crippen LogP contribution in [-0.4, -0.2) is 41.7 Å². The summed E-state index contributed by atoms with van der Waals surface area (Å²) in [7, 11) is -4.47. The smallest absolute Gasteiger partial charge is 0.326 e. The van der Waals surface area contributed by atoms with Crippen LogP contribution in [0.2, 0.25) is 0 Å². The van der Waals surface area contributed by atoms with E-state index in [0.717, 1.165) is 6.07 Å². The van der Waals surface area contributed by atoms with E-state index in [2.05, 4.69) is 0 Å². The van der Waals surface area contributed by atoms with Gasteiger partial charge in [0.1, 0.15) is 6.04 Å². The van der Waals surface area contributed by atoms with Crippen molar-refractivity contribution in [3.8, 4) is 11.1 Å². The van der Waals surface area contributed by atoms with Gasteiger partial charge in [0.25, 0.3) is 16.0 Å². The van der Waals surface area contributed by atoms with Crippen LogP contribution in [0.15, 0.2) is 42.5 Å². The van der Waals surface area contributed by atoms with Gasteiger partial charge < -0.3 is 10.4 Å². The van der Waals surface area contributed by atoms with Gasteiger partial charge in [0.05, 0.1) is 11.3 Å². The van der Waals surface area contributed by atoms with E-state index in [-0.39, 0.29) is 5.56 Å². The third-order valence-electron chi connectivity index (χ3n) is 3.67. The van der Waals surface area contributed by atoms with Crippen LogP contribution in [-0.2, 0) is 14.9 Å². The van der Waals surface area contributed by atoms with Crippen molar-refractivity contribution >= 4 is 22.0 Å². The highest BCUT2D eigenvalue weighted by atomic mass is 32.2. The SMILES string of the molecule is O=C(N[C@@H](CCS(=O)(=O)O)C(=O)O)c1c(-c2ccccc2)ccc(F)c1F. The van der Waals surface area contributed by atoms with Crippen molar-refractivity contribution in [1.82, 2.24) is 5.32 Å². The largest absolute Gasteiger partial charge is 0.480 e. The number of nitrogens with one attached hydrogen (secondary N) is 1. The Labute approximate surface area is 153 Å². The Balaban J connectivity index is 2.39. The Morgan fingerprint density at radius 3 is 2.26 bits per heavy atom. The maximum absolute atomic E-state index is 14.3. The van der Waals surface area contributed by atoms with Gasteiger partial charge >= 0.3 is 5.97 Å². The number of carbonyl (C=O) groups excluding carboxylic acids is 1. The Bertz CT molecular complexity index is 963. The van der Waals surface area contributed by atoms with E-state index < -0.39 is 57.4 Å². The average molecular weight is 399 g/mol. The first-order valence-corrected chi connectivity index (χ1v) is 9.23. The van der Waals surface area contributed by atoms with Crippen molar-refractivity contribution in [2.45, 2.75) is 12.5 Å². The zero-order chi connectivity index (χ0) is 20.2. The molecular formula is C17H15F2NO6S. The monoisotopic (exact) mass is 399 g/mol. The molecule has 2 aromatic rings. The van der Waals surface area contributed by atoms with Crippen LogP contribution < -0.4 is 5.32 Å². The Morgan fingerprint density at radius 1 is 1.07 bits per heavy atom. The third-order valence-corrected chi connectivity index (χ3v) is 4.43. The molecule has 0 aromatic heterocycles. The van der Waals surface area contributed by atoms with Gasteiger partial charge in [-0.1, -0.05) is 36.4 Å². The van der Waals surface area contributed by atoms with Crippen molar-refractivity contribution < 1.29 is 36.4 Å². The molecule has 27 heavy (non-hydrogen) atoms. The van der Waals surface area contributed by atoms with E-state index >= 15 is 0 Å². The maximum atomic E-state index is 14.3. The molecule has 2 rings (SSSR count). The number of rotatable bonds is 7. The van der Waals surface area contributed by atoms with Crippen molar-refractivity contribution in [3.05, 3.63) is 59.7 Å². The molecule has 0 aliphatic rings. The van der Waals surface area contributed by atoms with E-state index in [9.17, 15) is 26.8 Å². The summed E-state index contributed by atoms with van der Waals surface area (Å²) in [4.78, 5) is 23.7. The summed E-state index contributed by atoms with van der Waals surface area (Å²) < 4.78 is 58.3. The molecule has 144 valence electrons. The molecule has 1 atom stereocenters. The number of benzene rings is 2. The van der Waals surface area contributed by atoms with Crippen LogP contribution >= 0.6 is 0 Å². The molecule has 0 saturated carbocycles.